The lowest BCUT2D eigenvalue weighted by Gasteiger charge is -2.16. The Bertz CT molecular complexity index is 493. The van der Waals surface area contributed by atoms with Crippen molar-refractivity contribution in [1.82, 2.24) is 4.90 Å². The van der Waals surface area contributed by atoms with Crippen molar-refractivity contribution in [2.24, 2.45) is 0 Å². The molecule has 0 N–H and O–H groups in total. The fourth-order valence-corrected chi connectivity index (χ4v) is 1.98. The lowest BCUT2D eigenvalue weighted by molar-refractivity contribution is -0.148. The number of hydrogen-bond acceptors (Lipinski definition) is 3. The number of amides is 1. The van der Waals surface area contributed by atoms with Crippen molar-refractivity contribution in [3.8, 4) is 0 Å². The van der Waals surface area contributed by atoms with E-state index in [1.165, 1.54) is 18.0 Å². The molecule has 0 saturated carbocycles. The molecule has 0 aliphatic carbocycles. The topological polar surface area (TPSA) is 46.6 Å². The Balaban J connectivity index is 2.48. The van der Waals surface area contributed by atoms with Gasteiger partial charge in [-0.05, 0) is 31.0 Å². The van der Waals surface area contributed by atoms with Crippen LogP contribution < -0.4 is 0 Å². The number of halogens is 2. The van der Waals surface area contributed by atoms with Gasteiger partial charge in [0.25, 0.3) is 0 Å². The van der Waals surface area contributed by atoms with Gasteiger partial charge in [-0.15, -0.1) is 0 Å². The van der Waals surface area contributed by atoms with E-state index in [0.717, 1.165) is 0 Å². The molecule has 0 unspecified atom stereocenters. The molecule has 20 heavy (non-hydrogen) atoms. The van der Waals surface area contributed by atoms with E-state index in [0.29, 0.717) is 16.5 Å². The van der Waals surface area contributed by atoms with Gasteiger partial charge in [0.2, 0.25) is 5.91 Å². The lowest BCUT2D eigenvalue weighted by atomic mass is 10.1. The molecule has 110 valence electrons. The van der Waals surface area contributed by atoms with Crippen LogP contribution in [-0.4, -0.2) is 37.0 Å². The molecule has 0 fully saturated rings. The Kier molecular flexibility index (Phi) is 6.64. The van der Waals surface area contributed by atoms with E-state index >= 15 is 0 Å². The monoisotopic (exact) mass is 345 g/mol. The summed E-state index contributed by atoms with van der Waals surface area (Å²) in [5.74, 6) is -1.02. The number of benzene rings is 1. The van der Waals surface area contributed by atoms with Crippen molar-refractivity contribution in [3.63, 3.8) is 0 Å². The van der Waals surface area contributed by atoms with Crippen molar-refractivity contribution >= 4 is 27.8 Å². The molecule has 6 heteroatoms. The van der Waals surface area contributed by atoms with Crippen LogP contribution in [0.5, 0.6) is 0 Å². The molecule has 0 saturated heterocycles. The predicted octanol–water partition coefficient (Wildman–Crippen LogP) is 2.54. The highest BCUT2D eigenvalue weighted by Crippen LogP contribution is 2.16. The van der Waals surface area contributed by atoms with Gasteiger partial charge in [0.1, 0.15) is 12.4 Å². The van der Waals surface area contributed by atoms with Gasteiger partial charge in [-0.3, -0.25) is 9.59 Å². The maximum atomic E-state index is 13.6. The summed E-state index contributed by atoms with van der Waals surface area (Å²) in [4.78, 5) is 24.3. The van der Waals surface area contributed by atoms with Gasteiger partial charge in [-0.2, -0.15) is 0 Å². The Morgan fingerprint density at radius 2 is 2.10 bits per heavy atom. The minimum Gasteiger partial charge on any atom is -0.465 e. The third kappa shape index (κ3) is 5.28. The summed E-state index contributed by atoms with van der Waals surface area (Å²) in [6, 6.07) is 4.73. The Hall–Kier alpha value is -1.43. The van der Waals surface area contributed by atoms with Crippen LogP contribution >= 0.6 is 15.9 Å². The fourth-order valence-electron chi connectivity index (χ4n) is 1.65. The molecule has 4 nitrogen and oxygen atoms in total. The molecule has 0 spiro atoms. The van der Waals surface area contributed by atoms with Gasteiger partial charge in [0, 0.05) is 17.9 Å². The molecule has 0 aliphatic rings. The normalized spacial score (nSPS) is 10.2. The van der Waals surface area contributed by atoms with Crippen LogP contribution in [-0.2, 0) is 20.7 Å². The number of aryl methyl sites for hydroxylation is 1. The maximum absolute atomic E-state index is 13.6. The fraction of sp³-hybridized carbons (Fsp3) is 0.429. The number of esters is 1. The van der Waals surface area contributed by atoms with Gasteiger partial charge < -0.3 is 9.64 Å². The molecule has 0 heterocycles. The molecule has 0 aromatic heterocycles. The average molecular weight is 346 g/mol. The first-order chi connectivity index (χ1) is 9.43. The van der Waals surface area contributed by atoms with Crippen molar-refractivity contribution in [1.29, 1.82) is 0 Å². The van der Waals surface area contributed by atoms with Crippen molar-refractivity contribution in [2.75, 3.05) is 20.2 Å². The minimum atomic E-state index is -0.446. The van der Waals surface area contributed by atoms with E-state index in [4.69, 9.17) is 4.74 Å². The lowest BCUT2D eigenvalue weighted by Crippen LogP contribution is -2.33. The van der Waals surface area contributed by atoms with Gasteiger partial charge in [0.15, 0.2) is 0 Å². The Morgan fingerprint density at radius 3 is 2.70 bits per heavy atom. The highest BCUT2D eigenvalue weighted by molar-refractivity contribution is 9.10. The summed E-state index contributed by atoms with van der Waals surface area (Å²) < 4.78 is 19.0. The standard InChI is InChI=1S/C14H17BrFNO3/c1-3-20-14(19)9-17(2)13(18)7-5-10-4-6-11(15)8-12(10)16/h4,6,8H,3,5,7,9H2,1-2H3. The quantitative estimate of drug-likeness (QED) is 0.744. The van der Waals surface area contributed by atoms with Crippen LogP contribution in [0.1, 0.15) is 18.9 Å². The van der Waals surface area contributed by atoms with Crippen LogP contribution in [0, 0.1) is 5.82 Å². The molecule has 0 atom stereocenters. The SMILES string of the molecule is CCOC(=O)CN(C)C(=O)CCc1ccc(Br)cc1F. The van der Waals surface area contributed by atoms with E-state index in [2.05, 4.69) is 15.9 Å². The third-order valence-corrected chi connectivity index (χ3v) is 3.21. The number of likely N-dealkylation sites (N-methyl/N-ethyl adjacent to an activating group) is 1. The maximum Gasteiger partial charge on any atom is 0.325 e. The summed E-state index contributed by atoms with van der Waals surface area (Å²) in [6.07, 6.45) is 0.444. The summed E-state index contributed by atoms with van der Waals surface area (Å²) in [6.45, 7) is 1.90. The first kappa shape index (κ1) is 16.6. The second kappa shape index (κ2) is 7.99. The summed E-state index contributed by atoms with van der Waals surface area (Å²) in [5.41, 5.74) is 0.478. The number of hydrogen-bond donors (Lipinski definition) is 0. The average Bonchev–Trinajstić information content (AvgIpc) is 2.37. The van der Waals surface area contributed by atoms with Gasteiger partial charge in [-0.1, -0.05) is 22.0 Å². The molecule has 1 aromatic carbocycles. The summed E-state index contributed by atoms with van der Waals surface area (Å²) in [5, 5.41) is 0. The molecule has 1 rings (SSSR count). The van der Waals surface area contributed by atoms with Crippen LogP contribution in [0.4, 0.5) is 4.39 Å². The largest absolute Gasteiger partial charge is 0.465 e. The zero-order valence-corrected chi connectivity index (χ0v) is 13.1. The van der Waals surface area contributed by atoms with Crippen LogP contribution in [0.15, 0.2) is 22.7 Å². The number of nitrogens with zero attached hydrogens (tertiary/aromatic N) is 1. The summed E-state index contributed by atoms with van der Waals surface area (Å²) in [7, 11) is 1.52. The van der Waals surface area contributed by atoms with E-state index in [1.54, 1.807) is 19.1 Å². The van der Waals surface area contributed by atoms with E-state index in [9.17, 15) is 14.0 Å². The summed E-state index contributed by atoms with van der Waals surface area (Å²) >= 11 is 3.17. The van der Waals surface area contributed by atoms with Gasteiger partial charge in [-0.25, -0.2) is 4.39 Å². The highest BCUT2D eigenvalue weighted by atomic mass is 79.9. The minimum absolute atomic E-state index is 0.0878. The van der Waals surface area contributed by atoms with Gasteiger partial charge in [0.05, 0.1) is 6.61 Å². The van der Waals surface area contributed by atoms with Crippen molar-refractivity contribution in [3.05, 3.63) is 34.1 Å². The molecule has 0 radical (unpaired) electrons. The molecular weight excluding hydrogens is 329 g/mol. The Labute approximate surface area is 126 Å². The first-order valence-corrected chi connectivity index (χ1v) is 7.06. The number of carbonyl (C=O) groups is 2. The zero-order chi connectivity index (χ0) is 15.1. The third-order valence-electron chi connectivity index (χ3n) is 2.72. The zero-order valence-electron chi connectivity index (χ0n) is 11.5. The van der Waals surface area contributed by atoms with E-state index < -0.39 is 5.97 Å². The molecule has 1 amide bonds. The van der Waals surface area contributed by atoms with E-state index in [1.807, 2.05) is 0 Å². The molecule has 0 aliphatic heterocycles. The van der Waals surface area contributed by atoms with Crippen LogP contribution in [0.3, 0.4) is 0 Å². The smallest absolute Gasteiger partial charge is 0.325 e. The number of rotatable bonds is 6. The predicted molar refractivity (Wildman–Crippen MR) is 76.7 cm³/mol. The molecule has 0 bridgehead atoms. The molecule has 1 aromatic rings. The first-order valence-electron chi connectivity index (χ1n) is 6.27. The van der Waals surface area contributed by atoms with Crippen molar-refractivity contribution in [2.45, 2.75) is 19.8 Å². The second-order valence-electron chi connectivity index (χ2n) is 4.29. The van der Waals surface area contributed by atoms with Crippen molar-refractivity contribution < 1.29 is 18.7 Å². The van der Waals surface area contributed by atoms with Gasteiger partial charge >= 0.3 is 5.97 Å². The van der Waals surface area contributed by atoms with E-state index in [-0.39, 0.29) is 31.3 Å². The highest BCUT2D eigenvalue weighted by Gasteiger charge is 2.14. The number of ether oxygens (including phenoxy) is 1. The Morgan fingerprint density at radius 1 is 1.40 bits per heavy atom. The van der Waals surface area contributed by atoms with Crippen LogP contribution in [0.2, 0.25) is 0 Å². The molecular formula is C14H17BrFNO3. The number of carbonyl (C=O) groups excluding carboxylic acids is 2. The second-order valence-corrected chi connectivity index (χ2v) is 5.21. The van der Waals surface area contributed by atoms with Crippen LogP contribution in [0.25, 0.3) is 0 Å².